The van der Waals surface area contributed by atoms with E-state index in [4.69, 9.17) is 0 Å². The molecule has 2 fully saturated rings. The second-order valence-corrected chi connectivity index (χ2v) is 7.72. The third kappa shape index (κ3) is 2.82. The van der Waals surface area contributed by atoms with Crippen LogP contribution in [0.1, 0.15) is 34.6 Å². The van der Waals surface area contributed by atoms with Crippen molar-refractivity contribution in [2.24, 2.45) is 5.41 Å². The van der Waals surface area contributed by atoms with Gasteiger partial charge in [-0.15, -0.1) is 11.3 Å². The topological polar surface area (TPSA) is 71.0 Å². The van der Waals surface area contributed by atoms with Crippen molar-refractivity contribution < 1.29 is 4.79 Å². The van der Waals surface area contributed by atoms with Gasteiger partial charge in [0.15, 0.2) is 10.8 Å². The highest BCUT2D eigenvalue weighted by Gasteiger charge is 2.38. The Hall–Kier alpha value is -1.86. The van der Waals surface area contributed by atoms with Crippen molar-refractivity contribution >= 4 is 17.2 Å². The van der Waals surface area contributed by atoms with Crippen LogP contribution < -0.4 is 5.32 Å². The SMILES string of the molecule is Cc1nc(-c2ncccn2)sc1C(=O)N1CCC2(CCNC2)CC1. The first kappa shape index (κ1) is 15.7. The van der Waals surface area contributed by atoms with Crippen molar-refractivity contribution in [1.82, 2.24) is 25.2 Å². The Morgan fingerprint density at radius 2 is 2.00 bits per heavy atom. The number of aryl methyl sites for hydroxylation is 1. The lowest BCUT2D eigenvalue weighted by atomic mass is 9.78. The van der Waals surface area contributed by atoms with Crippen molar-refractivity contribution in [2.45, 2.75) is 26.2 Å². The molecule has 0 saturated carbocycles. The standard InChI is InChI=1S/C17H21N5OS/c1-12-13(24-15(21-12)14-19-6-2-7-20-14)16(23)22-9-4-17(5-10-22)3-8-18-11-17/h2,6-7,18H,3-5,8-11H2,1H3. The number of nitrogens with zero attached hydrogens (tertiary/aromatic N) is 4. The molecule has 4 heterocycles. The van der Waals surface area contributed by atoms with Gasteiger partial charge < -0.3 is 10.2 Å². The van der Waals surface area contributed by atoms with Crippen LogP contribution in [-0.4, -0.2) is 51.9 Å². The highest BCUT2D eigenvalue weighted by molar-refractivity contribution is 7.17. The summed E-state index contributed by atoms with van der Waals surface area (Å²) in [6.07, 6.45) is 6.82. The maximum absolute atomic E-state index is 12.9. The Labute approximate surface area is 145 Å². The van der Waals surface area contributed by atoms with Gasteiger partial charge in [-0.1, -0.05) is 0 Å². The van der Waals surface area contributed by atoms with Gasteiger partial charge in [0.1, 0.15) is 4.88 Å². The molecule has 0 bridgehead atoms. The van der Waals surface area contributed by atoms with E-state index in [0.29, 0.717) is 16.2 Å². The molecule has 1 spiro atoms. The van der Waals surface area contributed by atoms with Crippen LogP contribution in [0.3, 0.4) is 0 Å². The minimum atomic E-state index is 0.105. The number of aromatic nitrogens is 3. The van der Waals surface area contributed by atoms with Crippen molar-refractivity contribution in [3.05, 3.63) is 29.0 Å². The number of rotatable bonds is 2. The van der Waals surface area contributed by atoms with Gasteiger partial charge >= 0.3 is 0 Å². The van der Waals surface area contributed by atoms with E-state index in [-0.39, 0.29) is 5.91 Å². The molecule has 2 aliphatic heterocycles. The van der Waals surface area contributed by atoms with Crippen LogP contribution in [0, 0.1) is 12.3 Å². The maximum Gasteiger partial charge on any atom is 0.265 e. The van der Waals surface area contributed by atoms with E-state index < -0.39 is 0 Å². The third-order valence-corrected chi connectivity index (χ3v) is 6.33. The maximum atomic E-state index is 12.9. The Morgan fingerprint density at radius 3 is 2.67 bits per heavy atom. The summed E-state index contributed by atoms with van der Waals surface area (Å²) in [6.45, 7) is 5.79. The Bertz CT molecular complexity index is 729. The molecule has 0 atom stereocenters. The Morgan fingerprint density at radius 1 is 1.25 bits per heavy atom. The predicted molar refractivity (Wildman–Crippen MR) is 92.9 cm³/mol. The molecule has 6 nitrogen and oxygen atoms in total. The molecule has 4 rings (SSSR count). The quantitative estimate of drug-likeness (QED) is 0.904. The minimum Gasteiger partial charge on any atom is -0.338 e. The van der Waals surface area contributed by atoms with Crippen LogP contribution in [0.5, 0.6) is 0 Å². The number of nitrogens with one attached hydrogen (secondary N) is 1. The Balaban J connectivity index is 1.50. The van der Waals surface area contributed by atoms with Crippen LogP contribution in [0.25, 0.3) is 10.8 Å². The molecule has 2 saturated heterocycles. The zero-order chi connectivity index (χ0) is 16.6. The average molecular weight is 343 g/mol. The molecule has 0 unspecified atom stereocenters. The van der Waals surface area contributed by atoms with Gasteiger partial charge in [0.25, 0.3) is 5.91 Å². The summed E-state index contributed by atoms with van der Waals surface area (Å²) in [5.74, 6) is 0.687. The third-order valence-electron chi connectivity index (χ3n) is 5.19. The molecule has 0 radical (unpaired) electrons. The first-order chi connectivity index (χ1) is 11.7. The Kier molecular flexibility index (Phi) is 4.05. The summed E-state index contributed by atoms with van der Waals surface area (Å²) in [4.78, 5) is 28.6. The van der Waals surface area contributed by atoms with Crippen LogP contribution >= 0.6 is 11.3 Å². The molecule has 2 aliphatic rings. The van der Waals surface area contributed by atoms with Gasteiger partial charge in [-0.25, -0.2) is 15.0 Å². The summed E-state index contributed by atoms with van der Waals surface area (Å²) in [6, 6.07) is 1.78. The molecular weight excluding hydrogens is 322 g/mol. The summed E-state index contributed by atoms with van der Waals surface area (Å²) >= 11 is 1.40. The zero-order valence-corrected chi connectivity index (χ0v) is 14.6. The fourth-order valence-corrected chi connectivity index (χ4v) is 4.63. The summed E-state index contributed by atoms with van der Waals surface area (Å²) in [5, 5.41) is 4.18. The van der Waals surface area contributed by atoms with Gasteiger partial charge in [-0.3, -0.25) is 4.79 Å². The van der Waals surface area contributed by atoms with E-state index in [1.165, 1.54) is 17.8 Å². The number of carbonyl (C=O) groups is 1. The van der Waals surface area contributed by atoms with Crippen molar-refractivity contribution in [3.63, 3.8) is 0 Å². The number of hydrogen-bond donors (Lipinski definition) is 1. The number of likely N-dealkylation sites (tertiary alicyclic amines) is 1. The first-order valence-electron chi connectivity index (χ1n) is 8.42. The molecule has 126 valence electrons. The lowest BCUT2D eigenvalue weighted by molar-refractivity contribution is 0.0611. The predicted octanol–water partition coefficient (Wildman–Crippen LogP) is 2.12. The van der Waals surface area contributed by atoms with Crippen LogP contribution in [0.2, 0.25) is 0 Å². The monoisotopic (exact) mass is 343 g/mol. The summed E-state index contributed by atoms with van der Waals surface area (Å²) in [5.41, 5.74) is 1.19. The van der Waals surface area contributed by atoms with Gasteiger partial charge in [0.2, 0.25) is 0 Å². The van der Waals surface area contributed by atoms with Crippen molar-refractivity contribution in [3.8, 4) is 10.8 Å². The summed E-state index contributed by atoms with van der Waals surface area (Å²) < 4.78 is 0. The minimum absolute atomic E-state index is 0.105. The number of amides is 1. The molecule has 0 aromatic carbocycles. The van der Waals surface area contributed by atoms with E-state index in [1.54, 1.807) is 18.5 Å². The molecule has 0 aliphatic carbocycles. The van der Waals surface area contributed by atoms with Gasteiger partial charge in [-0.2, -0.15) is 0 Å². The van der Waals surface area contributed by atoms with Crippen molar-refractivity contribution in [2.75, 3.05) is 26.2 Å². The number of thiazole rings is 1. The number of piperidine rings is 1. The fraction of sp³-hybridized carbons (Fsp3) is 0.529. The fourth-order valence-electron chi connectivity index (χ4n) is 3.65. The van der Waals surface area contributed by atoms with Gasteiger partial charge in [0, 0.05) is 32.0 Å². The highest BCUT2D eigenvalue weighted by atomic mass is 32.1. The second-order valence-electron chi connectivity index (χ2n) is 6.72. The lowest BCUT2D eigenvalue weighted by Crippen LogP contribution is -2.44. The lowest BCUT2D eigenvalue weighted by Gasteiger charge is -2.38. The zero-order valence-electron chi connectivity index (χ0n) is 13.8. The van der Waals surface area contributed by atoms with Crippen molar-refractivity contribution in [1.29, 1.82) is 0 Å². The highest BCUT2D eigenvalue weighted by Crippen LogP contribution is 2.37. The molecule has 7 heteroatoms. The van der Waals surface area contributed by atoms with E-state index in [0.717, 1.165) is 49.6 Å². The smallest absolute Gasteiger partial charge is 0.265 e. The second kappa shape index (κ2) is 6.22. The normalized spacial score (nSPS) is 19.8. The molecule has 2 aromatic rings. The van der Waals surface area contributed by atoms with Crippen LogP contribution in [0.4, 0.5) is 0 Å². The van der Waals surface area contributed by atoms with Gasteiger partial charge in [-0.05, 0) is 44.2 Å². The largest absolute Gasteiger partial charge is 0.338 e. The molecular formula is C17H21N5OS. The molecule has 1 amide bonds. The van der Waals surface area contributed by atoms with Crippen LogP contribution in [-0.2, 0) is 0 Å². The molecule has 1 N–H and O–H groups in total. The van der Waals surface area contributed by atoms with Gasteiger partial charge in [0.05, 0.1) is 5.69 Å². The molecule has 2 aromatic heterocycles. The van der Waals surface area contributed by atoms with Crippen LogP contribution in [0.15, 0.2) is 18.5 Å². The average Bonchev–Trinajstić information content (AvgIpc) is 3.23. The van der Waals surface area contributed by atoms with E-state index in [1.807, 2.05) is 11.8 Å². The summed E-state index contributed by atoms with van der Waals surface area (Å²) in [7, 11) is 0. The number of carbonyl (C=O) groups excluding carboxylic acids is 1. The molecule has 24 heavy (non-hydrogen) atoms. The van der Waals surface area contributed by atoms with E-state index in [2.05, 4.69) is 20.3 Å². The first-order valence-corrected chi connectivity index (χ1v) is 9.23. The van der Waals surface area contributed by atoms with E-state index >= 15 is 0 Å². The van der Waals surface area contributed by atoms with E-state index in [9.17, 15) is 4.79 Å². The number of hydrogen-bond acceptors (Lipinski definition) is 6.